The van der Waals surface area contributed by atoms with Gasteiger partial charge in [0.05, 0.1) is 0 Å². The minimum absolute atomic E-state index is 0.0452. The summed E-state index contributed by atoms with van der Waals surface area (Å²) in [6.45, 7) is 0.428. The SMILES string of the molecule is Cn1c(NC2CCCC2)nc2c(C(F)(F)F)nc(NCCc3ccccc3)nc21. The van der Waals surface area contributed by atoms with Crippen LogP contribution in [0.2, 0.25) is 0 Å². The smallest absolute Gasteiger partial charge is 0.354 e. The third-order valence-corrected chi connectivity index (χ3v) is 5.22. The fourth-order valence-electron chi connectivity index (χ4n) is 3.68. The Bertz CT molecular complexity index is 977. The van der Waals surface area contributed by atoms with Gasteiger partial charge >= 0.3 is 6.18 Å². The Morgan fingerprint density at radius 1 is 1.07 bits per heavy atom. The molecule has 9 heteroatoms. The topological polar surface area (TPSA) is 67.7 Å². The summed E-state index contributed by atoms with van der Waals surface area (Å²) < 4.78 is 42.5. The van der Waals surface area contributed by atoms with Crippen molar-refractivity contribution in [2.75, 3.05) is 17.2 Å². The van der Waals surface area contributed by atoms with Crippen LogP contribution in [0, 0.1) is 0 Å². The van der Waals surface area contributed by atoms with Gasteiger partial charge in [0, 0.05) is 19.6 Å². The number of aryl methyl sites for hydroxylation is 1. The van der Waals surface area contributed by atoms with Crippen molar-refractivity contribution in [3.05, 3.63) is 41.6 Å². The molecule has 0 radical (unpaired) electrons. The number of nitrogens with one attached hydrogen (secondary N) is 2. The number of alkyl halides is 3. The van der Waals surface area contributed by atoms with Gasteiger partial charge < -0.3 is 10.6 Å². The summed E-state index contributed by atoms with van der Waals surface area (Å²) in [4.78, 5) is 12.2. The van der Waals surface area contributed by atoms with E-state index in [4.69, 9.17) is 0 Å². The number of halogens is 3. The highest BCUT2D eigenvalue weighted by atomic mass is 19.4. The standard InChI is InChI=1S/C20H23F3N6/c1-29-17-15(26-19(29)25-14-9-5-6-10-14)16(20(21,22)23)27-18(28-17)24-12-11-13-7-3-2-4-8-13/h2-4,7-8,14H,5-6,9-12H2,1H3,(H,25,26)(H,24,27,28). The molecule has 2 aromatic heterocycles. The van der Waals surface area contributed by atoms with Gasteiger partial charge in [-0.1, -0.05) is 43.2 Å². The fourth-order valence-corrected chi connectivity index (χ4v) is 3.68. The van der Waals surface area contributed by atoms with Crippen LogP contribution in [-0.2, 0) is 19.6 Å². The summed E-state index contributed by atoms with van der Waals surface area (Å²) in [5.74, 6) is 0.351. The molecular weight excluding hydrogens is 381 g/mol. The summed E-state index contributed by atoms with van der Waals surface area (Å²) >= 11 is 0. The lowest BCUT2D eigenvalue weighted by Crippen LogP contribution is -2.17. The van der Waals surface area contributed by atoms with E-state index in [0.717, 1.165) is 31.2 Å². The second-order valence-electron chi connectivity index (χ2n) is 7.35. The summed E-state index contributed by atoms with van der Waals surface area (Å²) in [5.41, 5.74) is 0.00429. The van der Waals surface area contributed by atoms with Gasteiger partial charge in [-0.15, -0.1) is 0 Å². The summed E-state index contributed by atoms with van der Waals surface area (Å²) in [7, 11) is 1.67. The number of aromatic nitrogens is 4. The molecule has 1 saturated carbocycles. The molecule has 1 aliphatic carbocycles. The van der Waals surface area contributed by atoms with Gasteiger partial charge in [-0.3, -0.25) is 4.57 Å². The molecule has 0 spiro atoms. The van der Waals surface area contributed by atoms with Gasteiger partial charge in [-0.25, -0.2) is 9.97 Å². The quantitative estimate of drug-likeness (QED) is 0.638. The van der Waals surface area contributed by atoms with Crippen molar-refractivity contribution in [1.82, 2.24) is 19.5 Å². The van der Waals surface area contributed by atoms with Crippen LogP contribution in [0.3, 0.4) is 0 Å². The molecule has 4 rings (SSSR count). The Labute approximate surface area is 166 Å². The Kier molecular flexibility index (Phi) is 5.29. The predicted octanol–water partition coefficient (Wildman–Crippen LogP) is 4.39. The van der Waals surface area contributed by atoms with Gasteiger partial charge in [0.2, 0.25) is 11.9 Å². The van der Waals surface area contributed by atoms with E-state index in [1.165, 1.54) is 0 Å². The van der Waals surface area contributed by atoms with Crippen molar-refractivity contribution in [2.45, 2.75) is 44.3 Å². The molecule has 6 nitrogen and oxygen atoms in total. The van der Waals surface area contributed by atoms with Crippen LogP contribution in [0.25, 0.3) is 11.2 Å². The van der Waals surface area contributed by atoms with E-state index in [1.807, 2.05) is 30.3 Å². The first-order valence-corrected chi connectivity index (χ1v) is 9.78. The van der Waals surface area contributed by atoms with E-state index in [1.54, 1.807) is 11.6 Å². The number of fused-ring (bicyclic) bond motifs is 1. The molecule has 29 heavy (non-hydrogen) atoms. The van der Waals surface area contributed by atoms with E-state index in [-0.39, 0.29) is 23.2 Å². The number of nitrogens with zero attached hydrogens (tertiary/aromatic N) is 4. The van der Waals surface area contributed by atoms with Crippen LogP contribution in [0.1, 0.15) is 36.9 Å². The molecule has 1 fully saturated rings. The monoisotopic (exact) mass is 404 g/mol. The molecule has 1 aromatic carbocycles. The third kappa shape index (κ3) is 4.28. The first-order valence-electron chi connectivity index (χ1n) is 9.78. The van der Waals surface area contributed by atoms with Gasteiger partial charge in [-0.2, -0.15) is 18.2 Å². The Morgan fingerprint density at radius 3 is 2.48 bits per heavy atom. The third-order valence-electron chi connectivity index (χ3n) is 5.22. The van der Waals surface area contributed by atoms with Gasteiger partial charge in [0.1, 0.15) is 5.52 Å². The van der Waals surface area contributed by atoms with Crippen molar-refractivity contribution in [3.8, 4) is 0 Å². The first-order chi connectivity index (χ1) is 13.9. The van der Waals surface area contributed by atoms with E-state index in [2.05, 4.69) is 25.6 Å². The maximum Gasteiger partial charge on any atom is 0.435 e. The molecule has 0 bridgehead atoms. The predicted molar refractivity (Wildman–Crippen MR) is 106 cm³/mol. The molecule has 3 aromatic rings. The number of hydrogen-bond donors (Lipinski definition) is 2. The summed E-state index contributed by atoms with van der Waals surface area (Å²) in [5, 5.41) is 6.18. The van der Waals surface area contributed by atoms with Gasteiger partial charge in [0.25, 0.3) is 0 Å². The van der Waals surface area contributed by atoms with Crippen LogP contribution >= 0.6 is 0 Å². The highest BCUT2D eigenvalue weighted by molar-refractivity contribution is 5.78. The molecular formula is C20H23F3N6. The molecule has 0 aliphatic heterocycles. The van der Waals surface area contributed by atoms with E-state index < -0.39 is 11.9 Å². The fraction of sp³-hybridized carbons (Fsp3) is 0.450. The zero-order chi connectivity index (χ0) is 20.4. The number of rotatable bonds is 6. The minimum Gasteiger partial charge on any atom is -0.354 e. The molecule has 2 N–H and O–H groups in total. The second-order valence-corrected chi connectivity index (χ2v) is 7.35. The molecule has 0 amide bonds. The molecule has 0 unspecified atom stereocenters. The Hall–Kier alpha value is -2.84. The van der Waals surface area contributed by atoms with E-state index >= 15 is 0 Å². The van der Waals surface area contributed by atoms with Crippen LogP contribution < -0.4 is 10.6 Å². The lowest BCUT2D eigenvalue weighted by molar-refractivity contribution is -0.139. The Balaban J connectivity index is 1.62. The largest absolute Gasteiger partial charge is 0.435 e. The zero-order valence-corrected chi connectivity index (χ0v) is 16.1. The van der Waals surface area contributed by atoms with Crippen LogP contribution in [0.5, 0.6) is 0 Å². The molecule has 1 aliphatic rings. The van der Waals surface area contributed by atoms with E-state index in [9.17, 15) is 13.2 Å². The average molecular weight is 404 g/mol. The van der Waals surface area contributed by atoms with Crippen molar-refractivity contribution in [3.63, 3.8) is 0 Å². The van der Waals surface area contributed by atoms with Crippen molar-refractivity contribution in [2.24, 2.45) is 7.05 Å². The number of anilines is 2. The maximum atomic E-state index is 13.6. The highest BCUT2D eigenvalue weighted by Gasteiger charge is 2.38. The normalized spacial score (nSPS) is 15.2. The average Bonchev–Trinajstić information content (AvgIpc) is 3.31. The maximum absolute atomic E-state index is 13.6. The van der Waals surface area contributed by atoms with Crippen molar-refractivity contribution < 1.29 is 13.2 Å². The van der Waals surface area contributed by atoms with Gasteiger partial charge in [-0.05, 0) is 24.8 Å². The van der Waals surface area contributed by atoms with Crippen molar-refractivity contribution in [1.29, 1.82) is 0 Å². The molecule has 154 valence electrons. The second kappa shape index (κ2) is 7.88. The van der Waals surface area contributed by atoms with E-state index in [0.29, 0.717) is 18.9 Å². The summed E-state index contributed by atoms with van der Waals surface area (Å²) in [6.07, 6.45) is 0.259. The van der Waals surface area contributed by atoms with Crippen molar-refractivity contribution >= 4 is 23.1 Å². The van der Waals surface area contributed by atoms with Crippen LogP contribution in [0.4, 0.5) is 25.1 Å². The lowest BCUT2D eigenvalue weighted by Gasteiger charge is -2.12. The molecule has 2 heterocycles. The zero-order valence-electron chi connectivity index (χ0n) is 16.1. The Morgan fingerprint density at radius 2 is 1.79 bits per heavy atom. The number of benzene rings is 1. The first kappa shape index (κ1) is 19.5. The van der Waals surface area contributed by atoms with Gasteiger partial charge in [0.15, 0.2) is 11.3 Å². The number of imidazole rings is 1. The molecule has 0 atom stereocenters. The highest BCUT2D eigenvalue weighted by Crippen LogP contribution is 2.34. The summed E-state index contributed by atoms with van der Waals surface area (Å²) in [6, 6.07) is 9.94. The van der Waals surface area contributed by atoms with Crippen LogP contribution in [0.15, 0.2) is 30.3 Å². The minimum atomic E-state index is -4.62. The number of hydrogen-bond acceptors (Lipinski definition) is 5. The molecule has 0 saturated heterocycles. The lowest BCUT2D eigenvalue weighted by atomic mass is 10.1. The van der Waals surface area contributed by atoms with Crippen LogP contribution in [-0.4, -0.2) is 32.1 Å².